The molecule has 0 saturated heterocycles. The van der Waals surface area contributed by atoms with E-state index in [1.54, 1.807) is 24.3 Å². The van der Waals surface area contributed by atoms with E-state index in [0.29, 0.717) is 17.1 Å². The summed E-state index contributed by atoms with van der Waals surface area (Å²) in [4.78, 5) is 15.9. The monoisotopic (exact) mass is 285 g/mol. The first-order chi connectivity index (χ1) is 10.1. The highest BCUT2D eigenvalue weighted by molar-refractivity contribution is 6.43. The summed E-state index contributed by atoms with van der Waals surface area (Å²) in [5.41, 5.74) is 1.26. The second-order valence-electron chi connectivity index (χ2n) is 4.34. The van der Waals surface area contributed by atoms with Crippen LogP contribution in [0.4, 0.5) is 0 Å². The molecular formula is C16H15NO4. The molecule has 0 saturated carbocycles. The minimum atomic E-state index is -1.18. The number of hydrogen-bond acceptors (Lipinski definition) is 4. The zero-order chi connectivity index (χ0) is 15.2. The fourth-order valence-corrected chi connectivity index (χ4v) is 1.78. The van der Waals surface area contributed by atoms with E-state index >= 15 is 0 Å². The van der Waals surface area contributed by atoms with Crippen molar-refractivity contribution >= 4 is 11.7 Å². The summed E-state index contributed by atoms with van der Waals surface area (Å²) in [6.45, 7) is 1.98. The van der Waals surface area contributed by atoms with Gasteiger partial charge in [-0.15, -0.1) is 0 Å². The molecular weight excluding hydrogens is 270 g/mol. The number of rotatable bonds is 5. The fraction of sp³-hybridized carbons (Fsp3) is 0.125. The summed E-state index contributed by atoms with van der Waals surface area (Å²) in [5.74, 6) is -0.161. The Morgan fingerprint density at radius 2 is 1.76 bits per heavy atom. The summed E-state index contributed by atoms with van der Waals surface area (Å²) in [6.07, 6.45) is 0. The lowest BCUT2D eigenvalue weighted by atomic mass is 10.1. The molecule has 0 amide bonds. The number of oxime groups is 1. The maximum atomic E-state index is 11.3. The largest absolute Gasteiger partial charge is 0.476 e. The van der Waals surface area contributed by atoms with Gasteiger partial charge in [0.15, 0.2) is 5.71 Å². The highest BCUT2D eigenvalue weighted by atomic mass is 16.6. The van der Waals surface area contributed by atoms with Gasteiger partial charge in [0.25, 0.3) is 0 Å². The zero-order valence-corrected chi connectivity index (χ0v) is 11.7. The number of carboxylic acid groups (broad SMARTS) is 1. The molecule has 5 nitrogen and oxygen atoms in total. The first-order valence-electron chi connectivity index (χ1n) is 6.30. The average molecular weight is 285 g/mol. The third-order valence-electron chi connectivity index (χ3n) is 2.78. The normalized spacial score (nSPS) is 11.0. The fourth-order valence-electron chi connectivity index (χ4n) is 1.78. The summed E-state index contributed by atoms with van der Waals surface area (Å²) in [7, 11) is 1.30. The lowest BCUT2D eigenvalue weighted by Gasteiger charge is -2.10. The van der Waals surface area contributed by atoms with Crippen LogP contribution in [0.5, 0.6) is 11.5 Å². The molecule has 0 atom stereocenters. The Morgan fingerprint density at radius 1 is 1.10 bits per heavy atom. The van der Waals surface area contributed by atoms with E-state index in [0.717, 1.165) is 5.56 Å². The second kappa shape index (κ2) is 6.56. The number of benzene rings is 2. The molecule has 0 unspecified atom stereocenters. The van der Waals surface area contributed by atoms with Gasteiger partial charge in [0.05, 0.1) is 5.56 Å². The van der Waals surface area contributed by atoms with Gasteiger partial charge in [-0.2, -0.15) is 0 Å². The first-order valence-corrected chi connectivity index (χ1v) is 6.30. The van der Waals surface area contributed by atoms with Gasteiger partial charge in [0.1, 0.15) is 18.6 Å². The molecule has 2 aromatic rings. The molecule has 0 aromatic heterocycles. The molecule has 0 bridgehead atoms. The van der Waals surface area contributed by atoms with Crippen molar-refractivity contribution in [2.75, 3.05) is 7.11 Å². The third-order valence-corrected chi connectivity index (χ3v) is 2.78. The van der Waals surface area contributed by atoms with Gasteiger partial charge in [0, 0.05) is 0 Å². The Bertz CT molecular complexity index is 662. The van der Waals surface area contributed by atoms with Crippen molar-refractivity contribution in [2.24, 2.45) is 5.16 Å². The van der Waals surface area contributed by atoms with Crippen LogP contribution in [0.15, 0.2) is 53.7 Å². The van der Waals surface area contributed by atoms with Crippen LogP contribution < -0.4 is 4.74 Å². The maximum Gasteiger partial charge on any atom is 0.358 e. The molecule has 0 heterocycles. The van der Waals surface area contributed by atoms with Gasteiger partial charge in [-0.1, -0.05) is 35.0 Å². The van der Waals surface area contributed by atoms with Gasteiger partial charge >= 0.3 is 5.97 Å². The van der Waals surface area contributed by atoms with E-state index in [1.165, 1.54) is 7.11 Å². The van der Waals surface area contributed by atoms with Crippen LogP contribution in [-0.2, 0) is 9.63 Å². The molecule has 1 N–H and O–H groups in total. The quantitative estimate of drug-likeness (QED) is 0.676. The molecule has 0 aliphatic heterocycles. The smallest absolute Gasteiger partial charge is 0.358 e. The summed E-state index contributed by atoms with van der Waals surface area (Å²) < 4.78 is 5.74. The summed E-state index contributed by atoms with van der Waals surface area (Å²) in [6, 6.07) is 14.3. The van der Waals surface area contributed by atoms with Gasteiger partial charge in [-0.3, -0.25) is 0 Å². The van der Waals surface area contributed by atoms with E-state index in [-0.39, 0.29) is 5.71 Å². The Morgan fingerprint density at radius 3 is 2.38 bits per heavy atom. The van der Waals surface area contributed by atoms with E-state index in [2.05, 4.69) is 9.99 Å². The molecule has 2 aromatic carbocycles. The summed E-state index contributed by atoms with van der Waals surface area (Å²) >= 11 is 0. The highest BCUT2D eigenvalue weighted by Crippen LogP contribution is 2.26. The predicted octanol–water partition coefficient (Wildman–Crippen LogP) is 3.22. The van der Waals surface area contributed by atoms with Crippen molar-refractivity contribution in [3.63, 3.8) is 0 Å². The Labute approximate surface area is 122 Å². The molecule has 0 radical (unpaired) electrons. The number of aryl methyl sites for hydroxylation is 1. The molecule has 5 heteroatoms. The van der Waals surface area contributed by atoms with Gasteiger partial charge in [0.2, 0.25) is 0 Å². The predicted molar refractivity (Wildman–Crippen MR) is 78.9 cm³/mol. The van der Waals surface area contributed by atoms with Crippen molar-refractivity contribution < 1.29 is 19.5 Å². The van der Waals surface area contributed by atoms with E-state index < -0.39 is 5.97 Å². The number of carboxylic acids is 1. The number of nitrogens with zero attached hydrogens (tertiary/aromatic N) is 1. The van der Waals surface area contributed by atoms with E-state index in [1.807, 2.05) is 31.2 Å². The standard InChI is InChI=1S/C16H15NO4/c1-11-7-9-12(10-8-11)21-14-6-4-3-5-13(14)15(16(18)19)17-20-2/h3-10H,1-2H3,(H,18,19)/b17-15+. The Hall–Kier alpha value is -2.82. The van der Waals surface area contributed by atoms with Gasteiger partial charge < -0.3 is 14.7 Å². The number of ether oxygens (including phenoxy) is 1. The number of carbonyl (C=O) groups is 1. The van der Waals surface area contributed by atoms with Crippen LogP contribution >= 0.6 is 0 Å². The van der Waals surface area contributed by atoms with Gasteiger partial charge in [-0.05, 0) is 31.2 Å². The number of hydrogen-bond donors (Lipinski definition) is 1. The Balaban J connectivity index is 2.38. The molecule has 0 fully saturated rings. The molecule has 2 rings (SSSR count). The Kier molecular flexibility index (Phi) is 4.56. The van der Waals surface area contributed by atoms with Crippen LogP contribution in [0.25, 0.3) is 0 Å². The van der Waals surface area contributed by atoms with Crippen molar-refractivity contribution in [2.45, 2.75) is 6.92 Å². The molecule has 0 aliphatic rings. The van der Waals surface area contributed by atoms with E-state index in [4.69, 9.17) is 4.74 Å². The summed E-state index contributed by atoms with van der Waals surface area (Å²) in [5, 5.41) is 12.8. The van der Waals surface area contributed by atoms with Crippen LogP contribution in [0.3, 0.4) is 0 Å². The van der Waals surface area contributed by atoms with Gasteiger partial charge in [-0.25, -0.2) is 4.79 Å². The minimum absolute atomic E-state index is 0.208. The number of aliphatic carboxylic acids is 1. The number of para-hydroxylation sites is 1. The van der Waals surface area contributed by atoms with E-state index in [9.17, 15) is 9.90 Å². The van der Waals surface area contributed by atoms with Crippen molar-refractivity contribution in [3.05, 3.63) is 59.7 Å². The SMILES string of the molecule is CO/N=C(/C(=O)O)c1ccccc1Oc1ccc(C)cc1. The first kappa shape index (κ1) is 14.6. The third kappa shape index (κ3) is 3.60. The van der Waals surface area contributed by atoms with Crippen LogP contribution in [-0.4, -0.2) is 23.9 Å². The highest BCUT2D eigenvalue weighted by Gasteiger charge is 2.18. The maximum absolute atomic E-state index is 11.3. The van der Waals surface area contributed by atoms with Crippen molar-refractivity contribution in [3.8, 4) is 11.5 Å². The lowest BCUT2D eigenvalue weighted by Crippen LogP contribution is -2.15. The van der Waals surface area contributed by atoms with Crippen molar-refractivity contribution in [1.29, 1.82) is 0 Å². The topological polar surface area (TPSA) is 68.1 Å². The second-order valence-corrected chi connectivity index (χ2v) is 4.34. The molecule has 0 spiro atoms. The molecule has 0 aliphatic carbocycles. The van der Waals surface area contributed by atoms with Crippen molar-refractivity contribution in [1.82, 2.24) is 0 Å². The zero-order valence-electron chi connectivity index (χ0n) is 11.7. The average Bonchev–Trinajstić information content (AvgIpc) is 2.48. The minimum Gasteiger partial charge on any atom is -0.476 e. The lowest BCUT2D eigenvalue weighted by molar-refractivity contribution is -0.129. The van der Waals surface area contributed by atoms with Crippen LogP contribution in [0, 0.1) is 6.92 Å². The molecule has 108 valence electrons. The van der Waals surface area contributed by atoms with Crippen LogP contribution in [0.2, 0.25) is 0 Å². The molecule has 21 heavy (non-hydrogen) atoms. The van der Waals surface area contributed by atoms with Crippen LogP contribution in [0.1, 0.15) is 11.1 Å².